The summed E-state index contributed by atoms with van der Waals surface area (Å²) >= 11 is 5.60. The highest BCUT2D eigenvalue weighted by molar-refractivity contribution is 9.09. The number of thiophene rings is 1. The fourth-order valence-electron chi connectivity index (χ4n) is 1.23. The Balaban J connectivity index is 2.70. The lowest BCUT2D eigenvalue weighted by Gasteiger charge is -2.14. The number of hydrogen-bond donors (Lipinski definition) is 0. The van der Waals surface area contributed by atoms with E-state index in [1.807, 2.05) is 11.3 Å². The van der Waals surface area contributed by atoms with E-state index in [-0.39, 0.29) is 0 Å². The SMILES string of the molecule is CCC(Br)C(C)c1ccc(C)s1. The van der Waals surface area contributed by atoms with Crippen LogP contribution in [0.5, 0.6) is 0 Å². The standard InChI is InChI=1S/C10H15BrS/c1-4-9(11)8(3)10-6-5-7(2)12-10/h5-6,8-9H,4H2,1-3H3. The minimum Gasteiger partial charge on any atom is -0.145 e. The maximum Gasteiger partial charge on any atom is 0.0217 e. The van der Waals surface area contributed by atoms with Crippen molar-refractivity contribution in [3.8, 4) is 0 Å². The molecule has 0 amide bonds. The van der Waals surface area contributed by atoms with Crippen molar-refractivity contribution in [3.05, 3.63) is 21.9 Å². The van der Waals surface area contributed by atoms with Crippen LogP contribution in [0, 0.1) is 6.92 Å². The molecule has 2 atom stereocenters. The van der Waals surface area contributed by atoms with Crippen molar-refractivity contribution in [2.24, 2.45) is 0 Å². The molecular formula is C10H15BrS. The highest BCUT2D eigenvalue weighted by atomic mass is 79.9. The molecule has 0 nitrogen and oxygen atoms in total. The second-order valence-corrected chi connectivity index (χ2v) is 5.66. The van der Waals surface area contributed by atoms with Gasteiger partial charge in [0.1, 0.15) is 0 Å². The van der Waals surface area contributed by atoms with E-state index in [2.05, 4.69) is 48.8 Å². The van der Waals surface area contributed by atoms with Crippen molar-refractivity contribution in [3.63, 3.8) is 0 Å². The van der Waals surface area contributed by atoms with E-state index in [9.17, 15) is 0 Å². The number of hydrogen-bond acceptors (Lipinski definition) is 1. The van der Waals surface area contributed by atoms with E-state index < -0.39 is 0 Å². The minimum atomic E-state index is 0.621. The second kappa shape index (κ2) is 4.43. The fraction of sp³-hybridized carbons (Fsp3) is 0.600. The van der Waals surface area contributed by atoms with Crippen LogP contribution in [0.2, 0.25) is 0 Å². The average molecular weight is 247 g/mol. The summed E-state index contributed by atoms with van der Waals surface area (Å²) in [7, 11) is 0. The first kappa shape index (κ1) is 10.3. The smallest absolute Gasteiger partial charge is 0.0217 e. The molecule has 1 aromatic rings. The topological polar surface area (TPSA) is 0 Å². The molecule has 0 fully saturated rings. The normalized spacial score (nSPS) is 16.0. The number of rotatable bonds is 3. The van der Waals surface area contributed by atoms with Gasteiger partial charge >= 0.3 is 0 Å². The molecule has 0 aliphatic carbocycles. The van der Waals surface area contributed by atoms with Crippen LogP contribution in [0.4, 0.5) is 0 Å². The van der Waals surface area contributed by atoms with Crippen LogP contribution in [-0.2, 0) is 0 Å². The van der Waals surface area contributed by atoms with Crippen molar-refractivity contribution in [1.82, 2.24) is 0 Å². The zero-order chi connectivity index (χ0) is 9.14. The lowest BCUT2D eigenvalue weighted by atomic mass is 10.0. The Morgan fingerprint density at radius 1 is 1.50 bits per heavy atom. The maximum absolute atomic E-state index is 3.69. The molecular weight excluding hydrogens is 232 g/mol. The van der Waals surface area contributed by atoms with E-state index in [4.69, 9.17) is 0 Å². The minimum absolute atomic E-state index is 0.621. The van der Waals surface area contributed by atoms with Gasteiger partial charge in [-0.05, 0) is 25.5 Å². The zero-order valence-electron chi connectivity index (χ0n) is 7.80. The monoisotopic (exact) mass is 246 g/mol. The summed E-state index contributed by atoms with van der Waals surface area (Å²) in [6.45, 7) is 6.67. The highest BCUT2D eigenvalue weighted by Gasteiger charge is 2.15. The van der Waals surface area contributed by atoms with Crippen LogP contribution < -0.4 is 0 Å². The van der Waals surface area contributed by atoms with Gasteiger partial charge in [0.2, 0.25) is 0 Å². The number of halogens is 1. The van der Waals surface area contributed by atoms with Crippen LogP contribution in [0.25, 0.3) is 0 Å². The summed E-state index contributed by atoms with van der Waals surface area (Å²) in [5, 5.41) is 0. The molecule has 1 aromatic heterocycles. The molecule has 1 rings (SSSR count). The third-order valence-electron chi connectivity index (χ3n) is 2.14. The average Bonchev–Trinajstić information content (AvgIpc) is 2.49. The van der Waals surface area contributed by atoms with E-state index in [0.717, 1.165) is 0 Å². The summed E-state index contributed by atoms with van der Waals surface area (Å²) < 4.78 is 0. The van der Waals surface area contributed by atoms with Crippen LogP contribution >= 0.6 is 27.3 Å². The van der Waals surface area contributed by atoms with Crippen LogP contribution in [0.1, 0.15) is 35.9 Å². The predicted molar refractivity (Wildman–Crippen MR) is 60.5 cm³/mol. The van der Waals surface area contributed by atoms with E-state index in [1.54, 1.807) is 0 Å². The lowest BCUT2D eigenvalue weighted by Crippen LogP contribution is -2.05. The van der Waals surface area contributed by atoms with E-state index in [0.29, 0.717) is 10.7 Å². The fourth-order valence-corrected chi connectivity index (χ4v) is 2.68. The second-order valence-electron chi connectivity index (χ2n) is 3.16. The van der Waals surface area contributed by atoms with Gasteiger partial charge in [-0.15, -0.1) is 11.3 Å². The molecule has 2 heteroatoms. The van der Waals surface area contributed by atoms with Crippen molar-refractivity contribution in [2.75, 3.05) is 0 Å². The van der Waals surface area contributed by atoms with Crippen molar-refractivity contribution in [2.45, 2.75) is 37.9 Å². The van der Waals surface area contributed by atoms with E-state index >= 15 is 0 Å². The van der Waals surface area contributed by atoms with Crippen LogP contribution in [-0.4, -0.2) is 4.83 Å². The summed E-state index contributed by atoms with van der Waals surface area (Å²) in [4.78, 5) is 3.53. The summed E-state index contributed by atoms with van der Waals surface area (Å²) in [6, 6.07) is 4.44. The molecule has 0 aromatic carbocycles. The van der Waals surface area contributed by atoms with Gasteiger partial charge in [0.15, 0.2) is 0 Å². The van der Waals surface area contributed by atoms with Gasteiger partial charge in [0.05, 0.1) is 0 Å². The first-order chi connectivity index (χ1) is 5.65. The van der Waals surface area contributed by atoms with E-state index in [1.165, 1.54) is 16.2 Å². The Kier molecular flexibility index (Phi) is 3.78. The maximum atomic E-state index is 3.69. The Hall–Kier alpha value is 0.180. The van der Waals surface area contributed by atoms with Crippen LogP contribution in [0.3, 0.4) is 0 Å². The van der Waals surface area contributed by atoms with Gasteiger partial charge in [-0.1, -0.05) is 29.8 Å². The van der Waals surface area contributed by atoms with Gasteiger partial charge in [-0.25, -0.2) is 0 Å². The third-order valence-corrected chi connectivity index (χ3v) is 4.78. The molecule has 12 heavy (non-hydrogen) atoms. The molecule has 1 heterocycles. The van der Waals surface area contributed by atoms with Crippen molar-refractivity contribution in [1.29, 1.82) is 0 Å². The molecule has 0 radical (unpaired) electrons. The largest absolute Gasteiger partial charge is 0.145 e. The van der Waals surface area contributed by atoms with Gasteiger partial charge in [-0.3, -0.25) is 0 Å². The Labute approximate surface area is 87.1 Å². The molecule has 0 saturated heterocycles. The molecule has 68 valence electrons. The highest BCUT2D eigenvalue weighted by Crippen LogP contribution is 2.31. The summed E-state index contributed by atoms with van der Waals surface area (Å²) in [5.41, 5.74) is 0. The van der Waals surface area contributed by atoms with Crippen molar-refractivity contribution >= 4 is 27.3 Å². The summed E-state index contributed by atoms with van der Waals surface area (Å²) in [6.07, 6.45) is 1.19. The molecule has 0 bridgehead atoms. The molecule has 0 spiro atoms. The molecule has 0 aliphatic rings. The number of aryl methyl sites for hydroxylation is 1. The number of alkyl halides is 1. The van der Waals surface area contributed by atoms with Crippen LogP contribution in [0.15, 0.2) is 12.1 Å². The van der Waals surface area contributed by atoms with Gasteiger partial charge in [0.25, 0.3) is 0 Å². The Bertz CT molecular complexity index is 242. The first-order valence-electron chi connectivity index (χ1n) is 4.35. The molecule has 2 unspecified atom stereocenters. The lowest BCUT2D eigenvalue weighted by molar-refractivity contribution is 0.705. The third kappa shape index (κ3) is 2.33. The molecule has 0 N–H and O–H groups in total. The quantitative estimate of drug-likeness (QED) is 0.697. The van der Waals surface area contributed by atoms with Crippen molar-refractivity contribution < 1.29 is 0 Å². The van der Waals surface area contributed by atoms with Gasteiger partial charge in [0, 0.05) is 20.5 Å². The zero-order valence-corrected chi connectivity index (χ0v) is 10.2. The Morgan fingerprint density at radius 3 is 2.58 bits per heavy atom. The summed E-state index contributed by atoms with van der Waals surface area (Å²) in [5.74, 6) is 0.647. The molecule has 0 aliphatic heterocycles. The van der Waals surface area contributed by atoms with Gasteiger partial charge < -0.3 is 0 Å². The first-order valence-corrected chi connectivity index (χ1v) is 6.08. The Morgan fingerprint density at radius 2 is 2.17 bits per heavy atom. The van der Waals surface area contributed by atoms with Gasteiger partial charge in [-0.2, -0.15) is 0 Å². The molecule has 0 saturated carbocycles. The predicted octanol–water partition coefficient (Wildman–Crippen LogP) is 4.33.